The minimum Gasteiger partial charge on any atom is -0.508 e. The molecule has 0 spiro atoms. The van der Waals surface area contributed by atoms with E-state index in [-0.39, 0.29) is 23.6 Å². The molecule has 1 heterocycles. The molecule has 0 fully saturated rings. The Hall–Kier alpha value is -2.89. The van der Waals surface area contributed by atoms with Crippen molar-refractivity contribution in [2.75, 3.05) is 5.32 Å². The molecule has 0 aliphatic heterocycles. The fourth-order valence-corrected chi connectivity index (χ4v) is 1.68. The molecule has 1 amide bonds. The van der Waals surface area contributed by atoms with Crippen LogP contribution in [-0.4, -0.2) is 27.1 Å². The second-order valence-electron chi connectivity index (χ2n) is 4.16. The molecule has 0 aliphatic carbocycles. The SMILES string of the molecule is O=C(Cc1cccc(O)c1)Nc1cncc(C(=O)O)c1. The lowest BCUT2D eigenvalue weighted by molar-refractivity contribution is -0.115. The lowest BCUT2D eigenvalue weighted by atomic mass is 10.1. The first-order valence-corrected chi connectivity index (χ1v) is 5.81. The molecular formula is C14H12N2O4. The summed E-state index contributed by atoms with van der Waals surface area (Å²) in [5, 5.41) is 20.7. The Morgan fingerprint density at radius 3 is 2.70 bits per heavy atom. The van der Waals surface area contributed by atoms with Crippen molar-refractivity contribution in [3.63, 3.8) is 0 Å². The number of rotatable bonds is 4. The molecule has 1 aromatic carbocycles. The van der Waals surface area contributed by atoms with Crippen molar-refractivity contribution in [3.8, 4) is 5.75 Å². The Kier molecular flexibility index (Phi) is 3.95. The number of aromatic hydroxyl groups is 1. The van der Waals surface area contributed by atoms with E-state index in [0.717, 1.165) is 0 Å². The van der Waals surface area contributed by atoms with Gasteiger partial charge in [-0.1, -0.05) is 12.1 Å². The minimum atomic E-state index is -1.11. The third kappa shape index (κ3) is 3.55. The summed E-state index contributed by atoms with van der Waals surface area (Å²) in [6, 6.07) is 7.69. The van der Waals surface area contributed by atoms with Crippen molar-refractivity contribution >= 4 is 17.6 Å². The van der Waals surface area contributed by atoms with Gasteiger partial charge in [0.05, 0.1) is 23.9 Å². The summed E-state index contributed by atoms with van der Waals surface area (Å²) < 4.78 is 0. The van der Waals surface area contributed by atoms with Crippen LogP contribution < -0.4 is 5.32 Å². The average Bonchev–Trinajstić information content (AvgIpc) is 2.38. The van der Waals surface area contributed by atoms with E-state index in [9.17, 15) is 14.7 Å². The van der Waals surface area contributed by atoms with Crippen LogP contribution >= 0.6 is 0 Å². The topological polar surface area (TPSA) is 99.5 Å². The van der Waals surface area contributed by atoms with Crippen LogP contribution in [0.4, 0.5) is 5.69 Å². The number of pyridine rings is 1. The molecule has 0 atom stereocenters. The number of anilines is 1. The maximum Gasteiger partial charge on any atom is 0.337 e. The number of phenols is 1. The summed E-state index contributed by atoms with van der Waals surface area (Å²) >= 11 is 0. The number of carboxylic acid groups (broad SMARTS) is 1. The number of aromatic nitrogens is 1. The largest absolute Gasteiger partial charge is 0.508 e. The van der Waals surface area contributed by atoms with Crippen LogP contribution in [0.5, 0.6) is 5.75 Å². The molecule has 0 saturated heterocycles. The molecule has 3 N–H and O–H groups in total. The molecule has 0 saturated carbocycles. The van der Waals surface area contributed by atoms with Gasteiger partial charge in [0.15, 0.2) is 0 Å². The first kappa shape index (κ1) is 13.5. The first-order valence-electron chi connectivity index (χ1n) is 5.81. The molecular weight excluding hydrogens is 260 g/mol. The lowest BCUT2D eigenvalue weighted by Gasteiger charge is -2.06. The van der Waals surface area contributed by atoms with Crippen molar-refractivity contribution < 1.29 is 19.8 Å². The Morgan fingerprint density at radius 1 is 1.20 bits per heavy atom. The van der Waals surface area contributed by atoms with Crippen molar-refractivity contribution in [2.45, 2.75) is 6.42 Å². The number of nitrogens with one attached hydrogen (secondary N) is 1. The molecule has 2 rings (SSSR count). The van der Waals surface area contributed by atoms with E-state index in [1.807, 2.05) is 0 Å². The quantitative estimate of drug-likeness (QED) is 0.786. The fourth-order valence-electron chi connectivity index (χ4n) is 1.68. The first-order chi connectivity index (χ1) is 9.54. The van der Waals surface area contributed by atoms with Crippen LogP contribution in [-0.2, 0) is 11.2 Å². The summed E-state index contributed by atoms with van der Waals surface area (Å²) in [7, 11) is 0. The number of amides is 1. The molecule has 6 nitrogen and oxygen atoms in total. The number of nitrogens with zero attached hydrogens (tertiary/aromatic N) is 1. The number of carboxylic acids is 1. The maximum atomic E-state index is 11.8. The zero-order chi connectivity index (χ0) is 14.5. The van der Waals surface area contributed by atoms with Gasteiger partial charge in [-0.3, -0.25) is 9.78 Å². The number of aromatic carboxylic acids is 1. The Balaban J connectivity index is 2.04. The van der Waals surface area contributed by atoms with Gasteiger partial charge >= 0.3 is 5.97 Å². The molecule has 0 radical (unpaired) electrons. The Labute approximate surface area is 114 Å². The standard InChI is InChI=1S/C14H12N2O4/c17-12-3-1-2-9(4-12)5-13(18)16-11-6-10(14(19)20)7-15-8-11/h1-4,6-8,17H,5H2,(H,16,18)(H,19,20). The number of carbonyl (C=O) groups is 2. The molecule has 1 aromatic heterocycles. The van der Waals surface area contributed by atoms with Gasteiger partial charge in [-0.05, 0) is 23.8 Å². The van der Waals surface area contributed by atoms with E-state index in [0.29, 0.717) is 11.3 Å². The van der Waals surface area contributed by atoms with Crippen LogP contribution in [0.25, 0.3) is 0 Å². The summed E-state index contributed by atoms with van der Waals surface area (Å²) in [6.07, 6.45) is 2.64. The lowest BCUT2D eigenvalue weighted by Crippen LogP contribution is -2.15. The smallest absolute Gasteiger partial charge is 0.337 e. The second-order valence-corrected chi connectivity index (χ2v) is 4.16. The maximum absolute atomic E-state index is 11.8. The summed E-state index contributed by atoms with van der Waals surface area (Å²) in [5.41, 5.74) is 0.972. The number of hydrogen-bond donors (Lipinski definition) is 3. The van der Waals surface area contributed by atoms with E-state index in [1.54, 1.807) is 12.1 Å². The van der Waals surface area contributed by atoms with E-state index < -0.39 is 5.97 Å². The van der Waals surface area contributed by atoms with Crippen LogP contribution in [0.1, 0.15) is 15.9 Å². The molecule has 0 unspecified atom stereocenters. The highest BCUT2D eigenvalue weighted by Crippen LogP contribution is 2.13. The number of carbonyl (C=O) groups excluding carboxylic acids is 1. The van der Waals surface area contributed by atoms with Gasteiger partial charge in [0.25, 0.3) is 0 Å². The highest BCUT2D eigenvalue weighted by atomic mass is 16.4. The molecule has 2 aromatic rings. The number of hydrogen-bond acceptors (Lipinski definition) is 4. The highest BCUT2D eigenvalue weighted by Gasteiger charge is 2.08. The van der Waals surface area contributed by atoms with Crippen molar-refractivity contribution in [2.24, 2.45) is 0 Å². The number of phenolic OH excluding ortho intramolecular Hbond substituents is 1. The zero-order valence-electron chi connectivity index (χ0n) is 10.4. The van der Waals surface area contributed by atoms with Crippen molar-refractivity contribution in [3.05, 3.63) is 53.9 Å². The monoisotopic (exact) mass is 272 g/mol. The summed E-state index contributed by atoms with van der Waals surface area (Å²) in [6.45, 7) is 0. The van der Waals surface area contributed by atoms with Crippen LogP contribution in [0.3, 0.4) is 0 Å². The Bertz CT molecular complexity index is 655. The molecule has 0 aliphatic rings. The second kappa shape index (κ2) is 5.83. The summed E-state index contributed by atoms with van der Waals surface area (Å²) in [4.78, 5) is 26.3. The predicted octanol–water partition coefficient (Wildman–Crippen LogP) is 1.67. The molecule has 6 heteroatoms. The van der Waals surface area contributed by atoms with Crippen LogP contribution in [0.2, 0.25) is 0 Å². The van der Waals surface area contributed by atoms with Gasteiger partial charge in [-0.15, -0.1) is 0 Å². The summed E-state index contributed by atoms with van der Waals surface area (Å²) in [5.74, 6) is -1.34. The van der Waals surface area contributed by atoms with E-state index >= 15 is 0 Å². The Morgan fingerprint density at radius 2 is 2.00 bits per heavy atom. The average molecular weight is 272 g/mol. The predicted molar refractivity (Wildman–Crippen MR) is 71.6 cm³/mol. The molecule has 0 bridgehead atoms. The van der Waals surface area contributed by atoms with Gasteiger partial charge in [0.1, 0.15) is 5.75 Å². The normalized spacial score (nSPS) is 10.0. The van der Waals surface area contributed by atoms with Gasteiger partial charge < -0.3 is 15.5 Å². The fraction of sp³-hybridized carbons (Fsp3) is 0.0714. The molecule has 20 heavy (non-hydrogen) atoms. The van der Waals surface area contributed by atoms with Gasteiger partial charge in [0.2, 0.25) is 5.91 Å². The van der Waals surface area contributed by atoms with Crippen molar-refractivity contribution in [1.82, 2.24) is 4.98 Å². The van der Waals surface area contributed by atoms with E-state index in [2.05, 4.69) is 10.3 Å². The third-order valence-electron chi connectivity index (χ3n) is 2.54. The number of benzene rings is 1. The van der Waals surface area contributed by atoms with E-state index in [4.69, 9.17) is 5.11 Å². The van der Waals surface area contributed by atoms with Gasteiger partial charge in [0, 0.05) is 6.20 Å². The minimum absolute atomic E-state index is 0.000144. The van der Waals surface area contributed by atoms with Crippen molar-refractivity contribution in [1.29, 1.82) is 0 Å². The van der Waals surface area contributed by atoms with Crippen LogP contribution in [0.15, 0.2) is 42.7 Å². The van der Waals surface area contributed by atoms with E-state index in [1.165, 1.54) is 30.6 Å². The third-order valence-corrected chi connectivity index (χ3v) is 2.54. The highest BCUT2D eigenvalue weighted by molar-refractivity contribution is 5.94. The van der Waals surface area contributed by atoms with Crippen LogP contribution in [0, 0.1) is 0 Å². The zero-order valence-corrected chi connectivity index (χ0v) is 10.4. The van der Waals surface area contributed by atoms with Gasteiger partial charge in [-0.2, -0.15) is 0 Å². The molecule has 102 valence electrons. The van der Waals surface area contributed by atoms with Gasteiger partial charge in [-0.25, -0.2) is 4.79 Å².